The van der Waals surface area contributed by atoms with E-state index in [0.29, 0.717) is 34.0 Å². The fourth-order valence-corrected chi connectivity index (χ4v) is 4.71. The van der Waals surface area contributed by atoms with E-state index in [4.69, 9.17) is 9.15 Å². The molecule has 9 nitrogen and oxygen atoms in total. The van der Waals surface area contributed by atoms with E-state index in [1.54, 1.807) is 24.4 Å². The lowest BCUT2D eigenvalue weighted by atomic mass is 9.98. The quantitative estimate of drug-likeness (QED) is 0.139. The Bertz CT molecular complexity index is 1750. The number of benzene rings is 2. The molecule has 2 aromatic carbocycles. The third-order valence-corrected chi connectivity index (χ3v) is 6.74. The van der Waals surface area contributed by atoms with Gasteiger partial charge >= 0.3 is 5.97 Å². The largest absolute Gasteiger partial charge is 0.504 e. The van der Waals surface area contributed by atoms with Gasteiger partial charge in [0.15, 0.2) is 5.75 Å². The maximum atomic E-state index is 13.7. The van der Waals surface area contributed by atoms with Gasteiger partial charge in [-0.3, -0.25) is 4.79 Å². The highest BCUT2D eigenvalue weighted by atomic mass is 16.5. The number of methoxy groups -OCH3 is 1. The Balaban J connectivity index is 1.65. The van der Waals surface area contributed by atoms with E-state index in [9.17, 15) is 24.9 Å². The van der Waals surface area contributed by atoms with Crippen molar-refractivity contribution in [3.8, 4) is 22.6 Å². The van der Waals surface area contributed by atoms with Crippen molar-refractivity contribution in [2.75, 3.05) is 13.7 Å². The molecule has 0 aliphatic rings. The van der Waals surface area contributed by atoms with E-state index in [2.05, 4.69) is 9.97 Å². The minimum atomic E-state index is -1.42. The van der Waals surface area contributed by atoms with Gasteiger partial charge in [-0.15, -0.1) is 0 Å². The first-order valence-corrected chi connectivity index (χ1v) is 11.9. The summed E-state index contributed by atoms with van der Waals surface area (Å²) >= 11 is 0. The monoisotopic (exact) mass is 514 g/mol. The van der Waals surface area contributed by atoms with Crippen molar-refractivity contribution in [3.63, 3.8) is 0 Å². The molecule has 0 saturated heterocycles. The number of aromatic carboxylic acids is 1. The van der Waals surface area contributed by atoms with Crippen LogP contribution in [0.2, 0.25) is 0 Å². The number of rotatable bonds is 8. The SMILES string of the molecule is COc1ccc2[nH]cc(-c3c(C(=O)O)oc(C(=O)c4c[nH]c5c(C/C=C(\C)CO)ccc(C)c45)c3O)c2c1. The number of carbonyl (C=O) groups excluding carboxylic acids is 1. The molecule has 0 amide bonds. The van der Waals surface area contributed by atoms with Gasteiger partial charge in [-0.25, -0.2) is 4.79 Å². The van der Waals surface area contributed by atoms with E-state index in [-0.39, 0.29) is 17.7 Å². The number of carboxylic acid groups (broad SMARTS) is 1. The van der Waals surface area contributed by atoms with Crippen LogP contribution < -0.4 is 4.74 Å². The van der Waals surface area contributed by atoms with Crippen LogP contribution in [0.3, 0.4) is 0 Å². The molecule has 5 N–H and O–H groups in total. The molecule has 9 heteroatoms. The third kappa shape index (κ3) is 4.03. The molecule has 0 aliphatic carbocycles. The molecule has 194 valence electrons. The number of carbonyl (C=O) groups is 2. The summed E-state index contributed by atoms with van der Waals surface area (Å²) in [5.41, 5.74) is 4.51. The summed E-state index contributed by atoms with van der Waals surface area (Å²) in [5.74, 6) is -3.09. The Morgan fingerprint density at radius 3 is 2.61 bits per heavy atom. The summed E-state index contributed by atoms with van der Waals surface area (Å²) in [6.45, 7) is 3.65. The van der Waals surface area contributed by atoms with Gasteiger partial charge in [-0.1, -0.05) is 23.8 Å². The second-order valence-corrected chi connectivity index (χ2v) is 9.14. The average Bonchev–Trinajstić information content (AvgIpc) is 3.63. The number of aromatic amines is 2. The minimum Gasteiger partial charge on any atom is -0.504 e. The zero-order chi connectivity index (χ0) is 27.1. The van der Waals surface area contributed by atoms with Crippen LogP contribution >= 0.6 is 0 Å². The number of aliphatic hydroxyl groups is 1. The van der Waals surface area contributed by atoms with E-state index in [0.717, 1.165) is 22.2 Å². The first-order chi connectivity index (χ1) is 18.2. The van der Waals surface area contributed by atoms with Crippen LogP contribution in [0.5, 0.6) is 11.5 Å². The minimum absolute atomic E-state index is 0.0430. The number of aromatic hydroxyl groups is 1. The molecular weight excluding hydrogens is 488 g/mol. The third-order valence-electron chi connectivity index (χ3n) is 6.74. The normalized spacial score (nSPS) is 11.9. The zero-order valence-electron chi connectivity index (χ0n) is 21.0. The summed E-state index contributed by atoms with van der Waals surface area (Å²) in [6.07, 6.45) is 5.54. The summed E-state index contributed by atoms with van der Waals surface area (Å²) < 4.78 is 10.8. The molecule has 0 bridgehead atoms. The number of ketones is 1. The van der Waals surface area contributed by atoms with Gasteiger partial charge in [-0.05, 0) is 49.6 Å². The summed E-state index contributed by atoms with van der Waals surface area (Å²) in [4.78, 5) is 32.0. The second kappa shape index (κ2) is 9.60. The molecule has 38 heavy (non-hydrogen) atoms. The Labute approximate surface area is 217 Å². The van der Waals surface area contributed by atoms with Crippen molar-refractivity contribution in [2.24, 2.45) is 0 Å². The topological polar surface area (TPSA) is 149 Å². The average molecular weight is 515 g/mol. The molecule has 0 radical (unpaired) electrons. The van der Waals surface area contributed by atoms with E-state index in [1.807, 2.05) is 32.1 Å². The standard InChI is InChI=1S/C29H26N2O7/c1-14(13-32)4-6-16-7-5-15(2)22-20(12-31-24(16)22)25(33)28-26(34)23(27(38-28)29(35)36)19-11-30-21-9-8-17(37-3)10-18(19)21/h4-5,7-12,30-32,34H,6,13H2,1-3H3,(H,35,36)/b14-4+. The fraction of sp³-hybridized carbons (Fsp3) is 0.172. The van der Waals surface area contributed by atoms with Crippen LogP contribution in [-0.4, -0.2) is 50.8 Å². The Morgan fingerprint density at radius 1 is 1.11 bits per heavy atom. The van der Waals surface area contributed by atoms with Crippen molar-refractivity contribution in [1.82, 2.24) is 9.97 Å². The Hall–Kier alpha value is -4.76. The van der Waals surface area contributed by atoms with E-state index in [1.165, 1.54) is 13.3 Å². The van der Waals surface area contributed by atoms with Gasteiger partial charge in [0.25, 0.3) is 0 Å². The molecule has 3 aromatic heterocycles. The fourth-order valence-electron chi connectivity index (χ4n) is 4.71. The Kier molecular flexibility index (Phi) is 6.30. The number of aromatic nitrogens is 2. The lowest BCUT2D eigenvalue weighted by Gasteiger charge is -2.06. The number of nitrogens with one attached hydrogen (secondary N) is 2. The molecule has 5 rings (SSSR count). The number of carboxylic acids is 1. The van der Waals surface area contributed by atoms with Crippen LogP contribution in [-0.2, 0) is 6.42 Å². The van der Waals surface area contributed by atoms with Gasteiger partial charge < -0.3 is 34.4 Å². The number of aliphatic hydroxyl groups excluding tert-OH is 1. The highest BCUT2D eigenvalue weighted by Crippen LogP contribution is 2.43. The molecule has 0 spiro atoms. The van der Waals surface area contributed by atoms with Gasteiger partial charge in [0.1, 0.15) is 5.75 Å². The van der Waals surface area contributed by atoms with Gasteiger partial charge in [-0.2, -0.15) is 0 Å². The first-order valence-electron chi connectivity index (χ1n) is 11.9. The van der Waals surface area contributed by atoms with Crippen molar-refractivity contribution >= 4 is 33.6 Å². The summed E-state index contributed by atoms with van der Waals surface area (Å²) in [7, 11) is 1.51. The zero-order valence-corrected chi connectivity index (χ0v) is 21.0. The predicted octanol–water partition coefficient (Wildman–Crippen LogP) is 5.34. The number of furan rings is 1. The molecule has 5 aromatic rings. The van der Waals surface area contributed by atoms with E-state index >= 15 is 0 Å². The van der Waals surface area contributed by atoms with Crippen LogP contribution in [0.25, 0.3) is 32.9 Å². The molecule has 0 atom stereocenters. The number of ether oxygens (including phenoxy) is 1. The number of aryl methyl sites for hydroxylation is 1. The first kappa shape index (κ1) is 24.9. The second-order valence-electron chi connectivity index (χ2n) is 9.14. The lowest BCUT2D eigenvalue weighted by Crippen LogP contribution is -2.00. The summed E-state index contributed by atoms with van der Waals surface area (Å²) in [5, 5.41) is 31.6. The molecule has 3 heterocycles. The number of allylic oxidation sites excluding steroid dienone is 1. The van der Waals surface area contributed by atoms with Gasteiger partial charge in [0.2, 0.25) is 17.3 Å². The van der Waals surface area contributed by atoms with Gasteiger partial charge in [0.05, 0.1) is 24.8 Å². The number of fused-ring (bicyclic) bond motifs is 2. The van der Waals surface area contributed by atoms with Crippen molar-refractivity contribution < 1.29 is 34.1 Å². The molecule has 0 aliphatic heterocycles. The van der Waals surface area contributed by atoms with E-state index < -0.39 is 29.0 Å². The maximum absolute atomic E-state index is 13.7. The number of H-pyrrole nitrogens is 2. The van der Waals surface area contributed by atoms with Gasteiger partial charge in [0, 0.05) is 39.8 Å². The smallest absolute Gasteiger partial charge is 0.372 e. The van der Waals surface area contributed by atoms with Crippen molar-refractivity contribution in [1.29, 1.82) is 0 Å². The highest BCUT2D eigenvalue weighted by Gasteiger charge is 2.32. The van der Waals surface area contributed by atoms with Crippen molar-refractivity contribution in [2.45, 2.75) is 20.3 Å². The Morgan fingerprint density at radius 2 is 1.89 bits per heavy atom. The molecule has 0 fully saturated rings. The molecule has 0 unspecified atom stereocenters. The number of hydrogen-bond donors (Lipinski definition) is 5. The van der Waals surface area contributed by atoms with Crippen LogP contribution in [0.4, 0.5) is 0 Å². The highest BCUT2D eigenvalue weighted by molar-refractivity contribution is 6.19. The van der Waals surface area contributed by atoms with Crippen molar-refractivity contribution in [3.05, 3.63) is 82.6 Å². The molecule has 0 saturated carbocycles. The molecular formula is C29H26N2O7. The summed E-state index contributed by atoms with van der Waals surface area (Å²) in [6, 6.07) is 9.06. The van der Waals surface area contributed by atoms with Crippen LogP contribution in [0, 0.1) is 6.92 Å². The lowest BCUT2D eigenvalue weighted by molar-refractivity contribution is 0.0661. The maximum Gasteiger partial charge on any atom is 0.372 e. The van der Waals surface area contributed by atoms with Crippen LogP contribution in [0.15, 0.2) is 58.8 Å². The number of hydrogen-bond acceptors (Lipinski definition) is 6. The van der Waals surface area contributed by atoms with Crippen LogP contribution in [0.1, 0.15) is 44.7 Å². The predicted molar refractivity (Wildman–Crippen MR) is 142 cm³/mol.